The van der Waals surface area contributed by atoms with E-state index in [9.17, 15) is 4.79 Å². The van der Waals surface area contributed by atoms with Crippen LogP contribution in [0.15, 0.2) is 42.5 Å². The lowest BCUT2D eigenvalue weighted by Gasteiger charge is -2.28. The molecule has 2 aromatic rings. The first-order valence-electron chi connectivity index (χ1n) is 10.1. The van der Waals surface area contributed by atoms with Gasteiger partial charge in [0.25, 0.3) is 0 Å². The van der Waals surface area contributed by atoms with Gasteiger partial charge in [0.05, 0.1) is 19.7 Å². The van der Waals surface area contributed by atoms with Crippen LogP contribution in [0.4, 0.5) is 0 Å². The molecule has 0 saturated carbocycles. The summed E-state index contributed by atoms with van der Waals surface area (Å²) in [6, 6.07) is 14.1. The number of benzene rings is 2. The summed E-state index contributed by atoms with van der Waals surface area (Å²) in [6.45, 7) is 3.07. The second kappa shape index (κ2) is 8.74. The van der Waals surface area contributed by atoms with E-state index in [1.54, 1.807) is 7.11 Å². The van der Waals surface area contributed by atoms with Crippen LogP contribution in [0.5, 0.6) is 17.2 Å². The highest BCUT2D eigenvalue weighted by atomic mass is 16.6. The maximum atomic E-state index is 13.0. The molecule has 0 radical (unpaired) electrons. The number of methoxy groups -OCH3 is 1. The van der Waals surface area contributed by atoms with Gasteiger partial charge in [-0.2, -0.15) is 0 Å². The smallest absolute Gasteiger partial charge is 0.237 e. The molecule has 0 spiro atoms. The molecular formula is C23H28N2O4. The Hall–Kier alpha value is -2.73. The SMILES string of the molecule is COc1ccc(CN(C)CC(=O)N2CCCC2c2ccc3c(c2)OCCO3)cc1. The van der Waals surface area contributed by atoms with Crippen LogP contribution >= 0.6 is 0 Å². The van der Waals surface area contributed by atoms with Crippen LogP contribution in [-0.2, 0) is 11.3 Å². The quantitative estimate of drug-likeness (QED) is 0.750. The third-order valence-electron chi connectivity index (χ3n) is 5.54. The van der Waals surface area contributed by atoms with Crippen LogP contribution in [0.1, 0.15) is 30.0 Å². The van der Waals surface area contributed by atoms with Crippen molar-refractivity contribution in [3.8, 4) is 17.2 Å². The average molecular weight is 396 g/mol. The minimum atomic E-state index is 0.104. The van der Waals surface area contributed by atoms with E-state index in [-0.39, 0.29) is 11.9 Å². The fourth-order valence-corrected chi connectivity index (χ4v) is 4.10. The van der Waals surface area contributed by atoms with Gasteiger partial charge in [-0.05, 0) is 55.3 Å². The van der Waals surface area contributed by atoms with E-state index in [0.29, 0.717) is 19.8 Å². The molecule has 1 fully saturated rings. The van der Waals surface area contributed by atoms with Crippen molar-refractivity contribution in [1.29, 1.82) is 0 Å². The summed E-state index contributed by atoms with van der Waals surface area (Å²) in [5, 5.41) is 0. The minimum Gasteiger partial charge on any atom is -0.497 e. The number of hydrogen-bond acceptors (Lipinski definition) is 5. The van der Waals surface area contributed by atoms with Gasteiger partial charge in [0, 0.05) is 13.1 Å². The molecule has 6 nitrogen and oxygen atoms in total. The molecular weight excluding hydrogens is 368 g/mol. The first kappa shape index (κ1) is 19.6. The number of rotatable bonds is 6. The number of carbonyl (C=O) groups excluding carboxylic acids is 1. The van der Waals surface area contributed by atoms with Gasteiger partial charge < -0.3 is 19.1 Å². The number of nitrogens with zero attached hydrogens (tertiary/aromatic N) is 2. The van der Waals surface area contributed by atoms with Crippen LogP contribution in [-0.4, -0.2) is 56.2 Å². The molecule has 1 saturated heterocycles. The molecule has 2 aliphatic rings. The molecule has 1 atom stereocenters. The second-order valence-corrected chi connectivity index (χ2v) is 7.67. The molecule has 1 unspecified atom stereocenters. The van der Waals surface area contributed by atoms with Gasteiger partial charge in [0.2, 0.25) is 5.91 Å². The molecule has 2 heterocycles. The summed E-state index contributed by atoms with van der Waals surface area (Å²) < 4.78 is 16.5. The van der Waals surface area contributed by atoms with Crippen LogP contribution in [0.2, 0.25) is 0 Å². The molecule has 1 amide bonds. The Kier molecular flexibility index (Phi) is 5.90. The molecule has 0 aliphatic carbocycles. The number of carbonyl (C=O) groups is 1. The van der Waals surface area contributed by atoms with Crippen molar-refractivity contribution in [3.05, 3.63) is 53.6 Å². The summed E-state index contributed by atoms with van der Waals surface area (Å²) in [5.74, 6) is 2.57. The van der Waals surface area contributed by atoms with Crippen molar-refractivity contribution in [2.75, 3.05) is 40.5 Å². The highest BCUT2D eigenvalue weighted by Gasteiger charge is 2.31. The van der Waals surface area contributed by atoms with Crippen molar-refractivity contribution in [2.45, 2.75) is 25.4 Å². The number of ether oxygens (including phenoxy) is 3. The van der Waals surface area contributed by atoms with Gasteiger partial charge in [-0.3, -0.25) is 9.69 Å². The maximum Gasteiger partial charge on any atom is 0.237 e. The second-order valence-electron chi connectivity index (χ2n) is 7.67. The lowest BCUT2D eigenvalue weighted by atomic mass is 10.0. The van der Waals surface area contributed by atoms with Gasteiger partial charge in [0.15, 0.2) is 11.5 Å². The highest BCUT2D eigenvalue weighted by molar-refractivity contribution is 5.79. The Bertz CT molecular complexity index is 852. The summed E-state index contributed by atoms with van der Waals surface area (Å²) in [6.07, 6.45) is 2.00. The molecule has 4 rings (SSSR count). The van der Waals surface area contributed by atoms with E-state index < -0.39 is 0 Å². The maximum absolute atomic E-state index is 13.0. The number of likely N-dealkylation sites (tertiary alicyclic amines) is 1. The molecule has 2 aromatic carbocycles. The van der Waals surface area contributed by atoms with Crippen LogP contribution in [0.3, 0.4) is 0 Å². The van der Waals surface area contributed by atoms with Crippen LogP contribution in [0, 0.1) is 0 Å². The number of fused-ring (bicyclic) bond motifs is 1. The van der Waals surface area contributed by atoms with Gasteiger partial charge in [-0.25, -0.2) is 0 Å². The Labute approximate surface area is 172 Å². The van der Waals surface area contributed by atoms with E-state index in [1.165, 1.54) is 0 Å². The minimum absolute atomic E-state index is 0.104. The van der Waals surface area contributed by atoms with Crippen molar-refractivity contribution < 1.29 is 19.0 Å². The predicted molar refractivity (Wildman–Crippen MR) is 110 cm³/mol. The number of likely N-dealkylation sites (N-methyl/N-ethyl adjacent to an activating group) is 1. The predicted octanol–water partition coefficient (Wildman–Crippen LogP) is 3.26. The monoisotopic (exact) mass is 396 g/mol. The Morgan fingerprint density at radius 3 is 2.66 bits per heavy atom. The molecule has 0 aromatic heterocycles. The van der Waals surface area contributed by atoms with E-state index >= 15 is 0 Å². The summed E-state index contributed by atoms with van der Waals surface area (Å²) in [4.78, 5) is 17.1. The fourth-order valence-electron chi connectivity index (χ4n) is 4.10. The van der Waals surface area contributed by atoms with Crippen molar-refractivity contribution in [2.24, 2.45) is 0 Å². The third kappa shape index (κ3) is 4.48. The van der Waals surface area contributed by atoms with E-state index in [2.05, 4.69) is 11.0 Å². The number of hydrogen-bond donors (Lipinski definition) is 0. The third-order valence-corrected chi connectivity index (χ3v) is 5.54. The zero-order chi connectivity index (χ0) is 20.2. The summed E-state index contributed by atoms with van der Waals surface area (Å²) in [5.41, 5.74) is 2.28. The lowest BCUT2D eigenvalue weighted by Crippen LogP contribution is -2.38. The van der Waals surface area contributed by atoms with Gasteiger partial charge in [-0.1, -0.05) is 18.2 Å². The first-order chi connectivity index (χ1) is 14.1. The van der Waals surface area contributed by atoms with E-state index in [0.717, 1.165) is 54.3 Å². The first-order valence-corrected chi connectivity index (χ1v) is 10.1. The topological polar surface area (TPSA) is 51.2 Å². The van der Waals surface area contributed by atoms with Crippen LogP contribution in [0.25, 0.3) is 0 Å². The normalized spacial score (nSPS) is 18.2. The van der Waals surface area contributed by atoms with Crippen molar-refractivity contribution >= 4 is 5.91 Å². The van der Waals surface area contributed by atoms with Crippen molar-refractivity contribution in [3.63, 3.8) is 0 Å². The van der Waals surface area contributed by atoms with Crippen molar-refractivity contribution in [1.82, 2.24) is 9.80 Å². The number of amides is 1. The standard InChI is InChI=1S/C23H28N2O4/c1-24(15-17-5-8-19(27-2)9-6-17)16-23(26)25-11-3-4-20(25)18-7-10-21-22(14-18)29-13-12-28-21/h5-10,14,20H,3-4,11-13,15-16H2,1-2H3. The molecule has 0 N–H and O–H groups in total. The van der Waals surface area contributed by atoms with Gasteiger partial charge >= 0.3 is 0 Å². The lowest BCUT2D eigenvalue weighted by molar-refractivity contribution is -0.133. The zero-order valence-corrected chi connectivity index (χ0v) is 17.1. The highest BCUT2D eigenvalue weighted by Crippen LogP contribution is 2.38. The average Bonchev–Trinajstić information content (AvgIpc) is 3.24. The molecule has 6 heteroatoms. The summed E-state index contributed by atoms with van der Waals surface area (Å²) in [7, 11) is 3.64. The fraction of sp³-hybridized carbons (Fsp3) is 0.435. The van der Waals surface area contributed by atoms with E-state index in [4.69, 9.17) is 14.2 Å². The summed E-state index contributed by atoms with van der Waals surface area (Å²) >= 11 is 0. The Morgan fingerprint density at radius 2 is 1.90 bits per heavy atom. The van der Waals surface area contributed by atoms with Gasteiger partial charge in [0.1, 0.15) is 19.0 Å². The Morgan fingerprint density at radius 1 is 1.14 bits per heavy atom. The van der Waals surface area contributed by atoms with Crippen LogP contribution < -0.4 is 14.2 Å². The van der Waals surface area contributed by atoms with E-state index in [1.807, 2.05) is 48.3 Å². The molecule has 2 aliphatic heterocycles. The van der Waals surface area contributed by atoms with Gasteiger partial charge in [-0.15, -0.1) is 0 Å². The zero-order valence-electron chi connectivity index (χ0n) is 17.1. The molecule has 154 valence electrons. The largest absolute Gasteiger partial charge is 0.497 e. The Balaban J connectivity index is 1.39. The molecule has 29 heavy (non-hydrogen) atoms. The molecule has 0 bridgehead atoms.